The Balaban J connectivity index is 2.21. The second-order valence-corrected chi connectivity index (χ2v) is 4.39. The molecule has 82 valence electrons. The minimum absolute atomic E-state index is 0.0798. The van der Waals surface area contributed by atoms with E-state index in [1.54, 1.807) is 0 Å². The fourth-order valence-corrected chi connectivity index (χ4v) is 2.69. The van der Waals surface area contributed by atoms with E-state index in [9.17, 15) is 15.3 Å². The number of rotatable bonds is 1. The lowest BCUT2D eigenvalue weighted by atomic mass is 9.97. The predicted octanol–water partition coefficient (Wildman–Crippen LogP) is -2.24. The van der Waals surface area contributed by atoms with E-state index in [4.69, 9.17) is 5.11 Å². The van der Waals surface area contributed by atoms with Gasteiger partial charge in [-0.05, 0) is 5.92 Å². The summed E-state index contributed by atoms with van der Waals surface area (Å²) in [6.07, 6.45) is -2.52. The Morgan fingerprint density at radius 3 is 2.36 bits per heavy atom. The van der Waals surface area contributed by atoms with Crippen LogP contribution >= 0.6 is 0 Å². The van der Waals surface area contributed by atoms with Crippen molar-refractivity contribution in [2.45, 2.75) is 37.3 Å². The van der Waals surface area contributed by atoms with E-state index in [0.717, 1.165) is 0 Å². The molecule has 2 fully saturated rings. The lowest BCUT2D eigenvalue weighted by molar-refractivity contribution is -0.00774. The highest BCUT2D eigenvalue weighted by molar-refractivity contribution is 5.08. The smallest absolute Gasteiger partial charge is 0.0995 e. The Bertz CT molecular complexity index is 225. The van der Waals surface area contributed by atoms with Crippen LogP contribution in [-0.4, -0.2) is 68.9 Å². The second-order valence-electron chi connectivity index (χ2n) is 4.39. The van der Waals surface area contributed by atoms with Crippen molar-refractivity contribution in [1.29, 1.82) is 0 Å². The average Bonchev–Trinajstić information content (AvgIpc) is 2.54. The number of hydrogen-bond acceptors (Lipinski definition) is 5. The summed E-state index contributed by atoms with van der Waals surface area (Å²) in [5, 5.41) is 38.2. The maximum atomic E-state index is 9.77. The molecule has 0 aromatic rings. The zero-order chi connectivity index (χ0) is 10.5. The summed E-state index contributed by atoms with van der Waals surface area (Å²) in [7, 11) is 0. The van der Waals surface area contributed by atoms with Gasteiger partial charge in [-0.3, -0.25) is 4.90 Å². The van der Waals surface area contributed by atoms with Crippen molar-refractivity contribution >= 4 is 0 Å². The number of nitrogens with zero attached hydrogens (tertiary/aromatic N) is 1. The molecular weight excluding hydrogens is 186 g/mol. The van der Waals surface area contributed by atoms with Gasteiger partial charge in [0.2, 0.25) is 0 Å². The maximum absolute atomic E-state index is 9.77. The summed E-state index contributed by atoms with van der Waals surface area (Å²) in [6, 6.07) is -0.855. The first-order valence-electron chi connectivity index (χ1n) is 4.98. The third-order valence-electron chi connectivity index (χ3n) is 3.52. The van der Waals surface area contributed by atoms with Crippen molar-refractivity contribution in [1.82, 2.24) is 4.90 Å². The summed E-state index contributed by atoms with van der Waals surface area (Å²) in [6.45, 7) is 2.33. The van der Waals surface area contributed by atoms with Crippen LogP contribution in [0.1, 0.15) is 6.92 Å². The van der Waals surface area contributed by atoms with Gasteiger partial charge >= 0.3 is 0 Å². The van der Waals surface area contributed by atoms with E-state index in [2.05, 4.69) is 0 Å². The Labute approximate surface area is 82.6 Å². The molecule has 5 heteroatoms. The van der Waals surface area contributed by atoms with Crippen LogP contribution in [0.3, 0.4) is 0 Å². The molecule has 2 rings (SSSR count). The Morgan fingerprint density at radius 2 is 1.79 bits per heavy atom. The molecule has 2 saturated heterocycles. The molecule has 0 bridgehead atoms. The highest BCUT2D eigenvalue weighted by atomic mass is 16.3. The number of aliphatic hydroxyl groups is 4. The highest BCUT2D eigenvalue weighted by Gasteiger charge is 2.55. The standard InChI is InChI=1S/C9H17NO4/c1-4-2-10-5(3-11)8(13)9(14)6(10)7(4)12/h4-9,11-14H,2-3H2,1H3/t4-,5+,6+,7+,8+,9+/m0/s1. The minimum atomic E-state index is -0.952. The molecule has 2 aliphatic heterocycles. The third kappa shape index (κ3) is 1.20. The van der Waals surface area contributed by atoms with Crippen molar-refractivity contribution in [3.63, 3.8) is 0 Å². The average molecular weight is 203 g/mol. The summed E-state index contributed by atoms with van der Waals surface area (Å²) < 4.78 is 0. The minimum Gasteiger partial charge on any atom is -0.395 e. The normalized spacial score (nSPS) is 53.8. The molecule has 0 radical (unpaired) electrons. The van der Waals surface area contributed by atoms with Gasteiger partial charge in [-0.25, -0.2) is 0 Å². The van der Waals surface area contributed by atoms with Gasteiger partial charge in [0.25, 0.3) is 0 Å². The molecule has 0 amide bonds. The maximum Gasteiger partial charge on any atom is 0.0995 e. The van der Waals surface area contributed by atoms with Crippen molar-refractivity contribution < 1.29 is 20.4 Å². The summed E-state index contributed by atoms with van der Waals surface area (Å²) in [4.78, 5) is 1.81. The lowest BCUT2D eigenvalue weighted by Crippen LogP contribution is -2.39. The van der Waals surface area contributed by atoms with Gasteiger partial charge in [0, 0.05) is 6.54 Å². The molecule has 0 unspecified atom stereocenters. The van der Waals surface area contributed by atoms with Crippen LogP contribution in [0, 0.1) is 5.92 Å². The molecule has 4 N–H and O–H groups in total. The molecule has 0 spiro atoms. The summed E-state index contributed by atoms with van der Waals surface area (Å²) in [5.41, 5.74) is 0. The first kappa shape index (κ1) is 10.3. The Kier molecular flexibility index (Phi) is 2.53. The van der Waals surface area contributed by atoms with E-state index in [-0.39, 0.29) is 12.5 Å². The van der Waals surface area contributed by atoms with Gasteiger partial charge in [0.15, 0.2) is 0 Å². The number of fused-ring (bicyclic) bond motifs is 1. The predicted molar refractivity (Wildman–Crippen MR) is 48.6 cm³/mol. The monoisotopic (exact) mass is 203 g/mol. The third-order valence-corrected chi connectivity index (χ3v) is 3.52. The number of aliphatic hydroxyl groups excluding tert-OH is 4. The molecule has 14 heavy (non-hydrogen) atoms. The largest absolute Gasteiger partial charge is 0.395 e. The SMILES string of the molecule is C[C@H]1CN2[C@@H]([C@@H](O)[C@H](O)[C@H]2CO)[C@@H]1O. The fourth-order valence-electron chi connectivity index (χ4n) is 2.69. The molecular formula is C9H17NO4. The highest BCUT2D eigenvalue weighted by Crippen LogP contribution is 2.35. The van der Waals surface area contributed by atoms with Gasteiger partial charge < -0.3 is 20.4 Å². The quantitative estimate of drug-likeness (QED) is 0.387. The van der Waals surface area contributed by atoms with Crippen LogP contribution in [-0.2, 0) is 0 Å². The van der Waals surface area contributed by atoms with E-state index in [1.165, 1.54) is 0 Å². The molecule has 2 aliphatic rings. The summed E-state index contributed by atoms with van der Waals surface area (Å²) in [5.74, 6) is 0.0798. The Morgan fingerprint density at radius 1 is 1.14 bits per heavy atom. The van der Waals surface area contributed by atoms with Crippen molar-refractivity contribution in [3.05, 3.63) is 0 Å². The van der Waals surface area contributed by atoms with E-state index < -0.39 is 30.4 Å². The second kappa shape index (κ2) is 3.43. The van der Waals surface area contributed by atoms with Crippen molar-refractivity contribution in [3.8, 4) is 0 Å². The molecule has 5 nitrogen and oxygen atoms in total. The van der Waals surface area contributed by atoms with Gasteiger partial charge in [0.05, 0.1) is 37.0 Å². The van der Waals surface area contributed by atoms with E-state index in [0.29, 0.717) is 6.54 Å². The molecule has 2 heterocycles. The van der Waals surface area contributed by atoms with Gasteiger partial charge in [-0.2, -0.15) is 0 Å². The van der Waals surface area contributed by atoms with Crippen LogP contribution in [0.2, 0.25) is 0 Å². The van der Waals surface area contributed by atoms with E-state index >= 15 is 0 Å². The van der Waals surface area contributed by atoms with Gasteiger partial charge in [0.1, 0.15) is 0 Å². The molecule has 0 saturated carbocycles. The van der Waals surface area contributed by atoms with Crippen LogP contribution < -0.4 is 0 Å². The first-order chi connectivity index (χ1) is 6.57. The number of hydrogen-bond donors (Lipinski definition) is 4. The molecule has 6 atom stereocenters. The Hall–Kier alpha value is -0.200. The van der Waals surface area contributed by atoms with E-state index in [1.807, 2.05) is 11.8 Å². The van der Waals surface area contributed by atoms with Crippen LogP contribution in [0.15, 0.2) is 0 Å². The molecule has 0 aromatic carbocycles. The lowest BCUT2D eigenvalue weighted by Gasteiger charge is -2.22. The molecule has 0 aromatic heterocycles. The zero-order valence-corrected chi connectivity index (χ0v) is 8.11. The van der Waals surface area contributed by atoms with Crippen molar-refractivity contribution in [2.24, 2.45) is 5.92 Å². The van der Waals surface area contributed by atoms with Crippen LogP contribution in [0.25, 0.3) is 0 Å². The van der Waals surface area contributed by atoms with Crippen LogP contribution in [0.4, 0.5) is 0 Å². The molecule has 0 aliphatic carbocycles. The zero-order valence-electron chi connectivity index (χ0n) is 8.11. The first-order valence-corrected chi connectivity index (χ1v) is 4.98. The van der Waals surface area contributed by atoms with Gasteiger partial charge in [-0.15, -0.1) is 0 Å². The fraction of sp³-hybridized carbons (Fsp3) is 1.00. The van der Waals surface area contributed by atoms with Crippen molar-refractivity contribution in [2.75, 3.05) is 13.2 Å². The van der Waals surface area contributed by atoms with Gasteiger partial charge in [-0.1, -0.05) is 6.92 Å². The van der Waals surface area contributed by atoms with Crippen LogP contribution in [0.5, 0.6) is 0 Å². The summed E-state index contributed by atoms with van der Waals surface area (Å²) >= 11 is 0. The topological polar surface area (TPSA) is 84.2 Å².